The number of rotatable bonds is 1. The van der Waals surface area contributed by atoms with Gasteiger partial charge in [-0.15, -0.1) is 0 Å². The highest BCUT2D eigenvalue weighted by molar-refractivity contribution is 5.94. The standard InChI is InChI=1S/C16H15NO3/c1-17-16(19)10-6-7-14-13(8-10)15(18)12-5-3-2-4-11(12)9-20-14/h2-8,15,18H,9H2,1H3,(H,17,19). The first-order chi connectivity index (χ1) is 9.70. The monoisotopic (exact) mass is 269 g/mol. The van der Waals surface area contributed by atoms with Crippen LogP contribution >= 0.6 is 0 Å². The van der Waals surface area contributed by atoms with Crippen molar-refractivity contribution < 1.29 is 14.6 Å². The van der Waals surface area contributed by atoms with Crippen LogP contribution < -0.4 is 10.1 Å². The lowest BCUT2D eigenvalue weighted by atomic mass is 9.96. The molecule has 4 nitrogen and oxygen atoms in total. The number of aliphatic hydroxyl groups excluding tert-OH is 1. The van der Waals surface area contributed by atoms with Gasteiger partial charge in [-0.05, 0) is 29.3 Å². The fourth-order valence-electron chi connectivity index (χ4n) is 2.43. The van der Waals surface area contributed by atoms with Crippen LogP contribution in [0.5, 0.6) is 5.75 Å². The van der Waals surface area contributed by atoms with Crippen LogP contribution in [0.15, 0.2) is 42.5 Å². The van der Waals surface area contributed by atoms with Gasteiger partial charge in [0.05, 0.1) is 0 Å². The number of amides is 1. The van der Waals surface area contributed by atoms with E-state index in [1.807, 2.05) is 24.3 Å². The summed E-state index contributed by atoms with van der Waals surface area (Å²) < 4.78 is 5.72. The second-order valence-electron chi connectivity index (χ2n) is 4.72. The van der Waals surface area contributed by atoms with Crippen molar-refractivity contribution in [3.63, 3.8) is 0 Å². The van der Waals surface area contributed by atoms with Crippen LogP contribution in [0.3, 0.4) is 0 Å². The molecule has 102 valence electrons. The number of ether oxygens (including phenoxy) is 1. The third-order valence-corrected chi connectivity index (χ3v) is 3.53. The molecule has 2 aromatic carbocycles. The van der Waals surface area contributed by atoms with E-state index >= 15 is 0 Å². The summed E-state index contributed by atoms with van der Waals surface area (Å²) in [4.78, 5) is 11.7. The fourth-order valence-corrected chi connectivity index (χ4v) is 2.43. The summed E-state index contributed by atoms with van der Waals surface area (Å²) in [6.45, 7) is 0.416. The number of nitrogens with one attached hydrogen (secondary N) is 1. The smallest absolute Gasteiger partial charge is 0.251 e. The van der Waals surface area contributed by atoms with Crippen LogP contribution in [0.2, 0.25) is 0 Å². The average Bonchev–Trinajstić information content (AvgIpc) is 2.64. The molecular formula is C16H15NO3. The zero-order chi connectivity index (χ0) is 14.1. The molecule has 0 saturated heterocycles. The van der Waals surface area contributed by atoms with E-state index in [1.54, 1.807) is 25.2 Å². The number of benzene rings is 2. The molecule has 0 spiro atoms. The van der Waals surface area contributed by atoms with E-state index in [0.29, 0.717) is 23.5 Å². The van der Waals surface area contributed by atoms with Gasteiger partial charge in [-0.25, -0.2) is 0 Å². The summed E-state index contributed by atoms with van der Waals surface area (Å²) in [6.07, 6.45) is -0.784. The van der Waals surface area contributed by atoms with Crippen molar-refractivity contribution in [2.75, 3.05) is 7.05 Å². The van der Waals surface area contributed by atoms with Gasteiger partial charge in [0.25, 0.3) is 5.91 Å². The molecule has 1 aliphatic rings. The van der Waals surface area contributed by atoms with E-state index < -0.39 is 6.10 Å². The number of fused-ring (bicyclic) bond motifs is 2. The van der Waals surface area contributed by atoms with E-state index in [-0.39, 0.29) is 5.91 Å². The lowest BCUT2D eigenvalue weighted by Crippen LogP contribution is -2.18. The predicted octanol–water partition coefficient (Wildman–Crippen LogP) is 2.02. The van der Waals surface area contributed by atoms with E-state index in [1.165, 1.54) is 0 Å². The zero-order valence-electron chi connectivity index (χ0n) is 11.1. The van der Waals surface area contributed by atoms with Gasteiger partial charge in [0.15, 0.2) is 0 Å². The van der Waals surface area contributed by atoms with Gasteiger partial charge in [0.2, 0.25) is 0 Å². The van der Waals surface area contributed by atoms with Crippen molar-refractivity contribution in [2.45, 2.75) is 12.7 Å². The Morgan fingerprint density at radius 3 is 2.85 bits per heavy atom. The first-order valence-electron chi connectivity index (χ1n) is 6.45. The minimum absolute atomic E-state index is 0.183. The summed E-state index contributed by atoms with van der Waals surface area (Å²) in [6, 6.07) is 12.7. The molecule has 2 N–H and O–H groups in total. The molecule has 1 heterocycles. The normalized spacial score (nSPS) is 16.4. The van der Waals surface area contributed by atoms with E-state index in [2.05, 4.69) is 5.32 Å². The van der Waals surface area contributed by atoms with Crippen molar-refractivity contribution in [1.29, 1.82) is 0 Å². The van der Waals surface area contributed by atoms with Crippen molar-refractivity contribution in [3.05, 3.63) is 64.7 Å². The summed E-state index contributed by atoms with van der Waals surface area (Å²) in [5.74, 6) is 0.430. The van der Waals surface area contributed by atoms with Gasteiger partial charge in [0, 0.05) is 18.2 Å². The maximum Gasteiger partial charge on any atom is 0.251 e. The molecular weight excluding hydrogens is 254 g/mol. The Labute approximate surface area is 117 Å². The van der Waals surface area contributed by atoms with Gasteiger partial charge in [-0.1, -0.05) is 24.3 Å². The Morgan fingerprint density at radius 1 is 1.25 bits per heavy atom. The molecule has 20 heavy (non-hydrogen) atoms. The summed E-state index contributed by atoms with van der Waals surface area (Å²) >= 11 is 0. The average molecular weight is 269 g/mol. The van der Waals surface area contributed by atoms with Crippen LogP contribution in [0.4, 0.5) is 0 Å². The van der Waals surface area contributed by atoms with E-state index in [4.69, 9.17) is 4.74 Å². The van der Waals surface area contributed by atoms with Crippen molar-refractivity contribution in [2.24, 2.45) is 0 Å². The van der Waals surface area contributed by atoms with Gasteiger partial charge >= 0.3 is 0 Å². The Balaban J connectivity index is 2.11. The topological polar surface area (TPSA) is 58.6 Å². The SMILES string of the molecule is CNC(=O)c1ccc2c(c1)C(O)c1ccccc1CO2. The molecule has 2 aromatic rings. The Hall–Kier alpha value is -2.33. The first kappa shape index (κ1) is 12.7. The third kappa shape index (κ3) is 2.04. The van der Waals surface area contributed by atoms with Crippen LogP contribution in [-0.2, 0) is 6.61 Å². The molecule has 0 aromatic heterocycles. The Kier molecular flexibility index (Phi) is 3.16. The molecule has 0 radical (unpaired) electrons. The summed E-state index contributed by atoms with van der Waals surface area (Å²) in [5.41, 5.74) is 2.90. The zero-order valence-corrected chi connectivity index (χ0v) is 11.1. The molecule has 1 unspecified atom stereocenters. The number of hydrogen-bond acceptors (Lipinski definition) is 3. The van der Waals surface area contributed by atoms with E-state index in [9.17, 15) is 9.90 Å². The maximum absolute atomic E-state index is 11.7. The molecule has 1 atom stereocenters. The van der Waals surface area contributed by atoms with Gasteiger partial charge < -0.3 is 15.2 Å². The van der Waals surface area contributed by atoms with Crippen molar-refractivity contribution >= 4 is 5.91 Å². The second kappa shape index (κ2) is 4.98. The lowest BCUT2D eigenvalue weighted by molar-refractivity contribution is 0.0963. The molecule has 0 aliphatic carbocycles. The van der Waals surface area contributed by atoms with Crippen molar-refractivity contribution in [1.82, 2.24) is 5.32 Å². The molecule has 0 fully saturated rings. The molecule has 0 saturated carbocycles. The van der Waals surface area contributed by atoms with Crippen LogP contribution in [-0.4, -0.2) is 18.1 Å². The lowest BCUT2D eigenvalue weighted by Gasteiger charge is -2.13. The largest absolute Gasteiger partial charge is 0.488 e. The fraction of sp³-hybridized carbons (Fsp3) is 0.188. The van der Waals surface area contributed by atoms with Crippen LogP contribution in [0, 0.1) is 0 Å². The maximum atomic E-state index is 11.7. The number of carbonyl (C=O) groups is 1. The predicted molar refractivity (Wildman–Crippen MR) is 74.7 cm³/mol. The van der Waals surface area contributed by atoms with Gasteiger partial charge in [0.1, 0.15) is 18.5 Å². The minimum Gasteiger partial charge on any atom is -0.488 e. The molecule has 1 amide bonds. The highest BCUT2D eigenvalue weighted by atomic mass is 16.5. The number of hydrogen-bond donors (Lipinski definition) is 2. The Bertz CT molecular complexity index is 667. The molecule has 3 rings (SSSR count). The molecule has 1 aliphatic heterocycles. The summed E-state index contributed by atoms with van der Waals surface area (Å²) in [5, 5.41) is 13.1. The number of aliphatic hydroxyl groups is 1. The van der Waals surface area contributed by atoms with Crippen LogP contribution in [0.1, 0.15) is 33.2 Å². The highest BCUT2D eigenvalue weighted by Crippen LogP contribution is 2.36. The van der Waals surface area contributed by atoms with Crippen molar-refractivity contribution in [3.8, 4) is 5.75 Å². The van der Waals surface area contributed by atoms with Gasteiger partial charge in [-0.3, -0.25) is 4.79 Å². The quantitative estimate of drug-likeness (QED) is 0.832. The second-order valence-corrected chi connectivity index (χ2v) is 4.72. The van der Waals surface area contributed by atoms with Crippen LogP contribution in [0.25, 0.3) is 0 Å². The molecule has 0 bridgehead atoms. The third-order valence-electron chi connectivity index (χ3n) is 3.53. The first-order valence-corrected chi connectivity index (χ1v) is 6.45. The summed E-state index contributed by atoms with van der Waals surface area (Å²) in [7, 11) is 1.58. The Morgan fingerprint density at radius 2 is 2.05 bits per heavy atom. The molecule has 4 heteroatoms. The minimum atomic E-state index is -0.784. The highest BCUT2D eigenvalue weighted by Gasteiger charge is 2.23. The van der Waals surface area contributed by atoms with E-state index in [0.717, 1.165) is 11.1 Å². The number of carbonyl (C=O) groups excluding carboxylic acids is 1. The van der Waals surface area contributed by atoms with Gasteiger partial charge in [-0.2, -0.15) is 0 Å².